The summed E-state index contributed by atoms with van der Waals surface area (Å²) in [6.45, 7) is 3.26. The fourth-order valence-electron chi connectivity index (χ4n) is 4.55. The number of hydrogen-bond acceptors (Lipinski definition) is 8. The second-order valence-electron chi connectivity index (χ2n) is 9.80. The van der Waals surface area contributed by atoms with E-state index in [0.29, 0.717) is 17.1 Å². The van der Waals surface area contributed by atoms with Crippen molar-refractivity contribution in [2.45, 2.75) is 44.7 Å². The second kappa shape index (κ2) is 10.0. The Morgan fingerprint density at radius 1 is 1.05 bits per heavy atom. The van der Waals surface area contributed by atoms with Crippen molar-refractivity contribution in [2.24, 2.45) is 5.92 Å². The molecule has 2 heterocycles. The third-order valence-corrected chi connectivity index (χ3v) is 6.84. The molecule has 1 amide bonds. The van der Waals surface area contributed by atoms with E-state index < -0.39 is 23.3 Å². The van der Waals surface area contributed by atoms with Gasteiger partial charge in [0.2, 0.25) is 17.6 Å². The predicted molar refractivity (Wildman–Crippen MR) is 140 cm³/mol. The standard InChI is InChI=1S/C28H28N6O4/c1-17(2)22(23(36)25-32-33-27(38-25)28(13-14-28)19-11-7-4-8-12-19)31-21(35)16-34-20(15-30-24(29)26(34)37)18-9-5-3-6-10-18/h3-12,15,17,22H,13-14,16H2,1-2H3,(H2,29,30)(H,31,35)/t22-/m0/s1. The lowest BCUT2D eigenvalue weighted by Crippen LogP contribution is -2.46. The zero-order valence-corrected chi connectivity index (χ0v) is 21.1. The monoisotopic (exact) mass is 512 g/mol. The fourth-order valence-corrected chi connectivity index (χ4v) is 4.55. The second-order valence-corrected chi connectivity index (χ2v) is 9.80. The fraction of sp³-hybridized carbons (Fsp3) is 0.286. The number of benzene rings is 2. The van der Waals surface area contributed by atoms with Crippen molar-refractivity contribution in [2.75, 3.05) is 5.73 Å². The average molecular weight is 513 g/mol. The molecule has 1 saturated carbocycles. The number of aromatic nitrogens is 4. The number of ketones is 1. The molecule has 0 bridgehead atoms. The minimum Gasteiger partial charge on any atom is -0.417 e. The lowest BCUT2D eigenvalue weighted by molar-refractivity contribution is -0.122. The van der Waals surface area contributed by atoms with Gasteiger partial charge in [-0.3, -0.25) is 19.0 Å². The van der Waals surface area contributed by atoms with Crippen molar-refractivity contribution < 1.29 is 14.0 Å². The number of carbonyl (C=O) groups excluding carboxylic acids is 2. The van der Waals surface area contributed by atoms with Crippen molar-refractivity contribution in [1.29, 1.82) is 0 Å². The molecule has 10 heteroatoms. The summed E-state index contributed by atoms with van der Waals surface area (Å²) in [6, 6.07) is 18.0. The lowest BCUT2D eigenvalue weighted by Gasteiger charge is -2.20. The third-order valence-electron chi connectivity index (χ3n) is 6.84. The maximum absolute atomic E-state index is 13.4. The van der Waals surface area contributed by atoms with Crippen LogP contribution < -0.4 is 16.6 Å². The summed E-state index contributed by atoms with van der Waals surface area (Å²) < 4.78 is 7.11. The van der Waals surface area contributed by atoms with Crippen LogP contribution in [0, 0.1) is 5.92 Å². The number of nitrogens with one attached hydrogen (secondary N) is 1. The summed E-state index contributed by atoms with van der Waals surface area (Å²) in [5.41, 5.74) is 6.98. The first-order chi connectivity index (χ1) is 18.3. The van der Waals surface area contributed by atoms with E-state index in [-0.39, 0.29) is 29.6 Å². The van der Waals surface area contributed by atoms with E-state index in [1.165, 1.54) is 10.8 Å². The third kappa shape index (κ3) is 4.72. The predicted octanol–water partition coefficient (Wildman–Crippen LogP) is 2.98. The van der Waals surface area contributed by atoms with Gasteiger partial charge in [0.15, 0.2) is 5.82 Å². The molecule has 0 saturated heterocycles. The number of nitrogen functional groups attached to an aromatic ring is 1. The van der Waals surface area contributed by atoms with E-state index in [1.807, 2.05) is 48.5 Å². The molecule has 10 nitrogen and oxygen atoms in total. The van der Waals surface area contributed by atoms with Crippen LogP contribution >= 0.6 is 0 Å². The van der Waals surface area contributed by atoms with Gasteiger partial charge in [-0.15, -0.1) is 10.2 Å². The SMILES string of the molecule is CC(C)[C@H](NC(=O)Cn1c(-c2ccccc2)cnc(N)c1=O)C(=O)c1nnc(C2(c3ccccc3)CC2)o1. The van der Waals surface area contributed by atoms with E-state index in [0.717, 1.165) is 18.4 Å². The van der Waals surface area contributed by atoms with Crippen LogP contribution in [0.1, 0.15) is 48.8 Å². The topological polar surface area (TPSA) is 146 Å². The molecule has 1 aliphatic rings. The molecule has 0 aliphatic heterocycles. The summed E-state index contributed by atoms with van der Waals surface area (Å²) in [5.74, 6) is -1.28. The Morgan fingerprint density at radius 3 is 2.34 bits per heavy atom. The van der Waals surface area contributed by atoms with Crippen molar-refractivity contribution in [1.82, 2.24) is 25.1 Å². The number of carbonyl (C=O) groups is 2. The number of Topliss-reactive ketones (excluding diaryl/α,β-unsaturated/α-hetero) is 1. The Kier molecular flexibility index (Phi) is 6.62. The molecule has 1 fully saturated rings. The van der Waals surface area contributed by atoms with Gasteiger partial charge in [-0.05, 0) is 29.9 Å². The first-order valence-electron chi connectivity index (χ1n) is 12.4. The van der Waals surface area contributed by atoms with Gasteiger partial charge in [0.05, 0.1) is 23.3 Å². The molecule has 5 rings (SSSR count). The highest BCUT2D eigenvalue weighted by atomic mass is 16.4. The molecule has 3 N–H and O–H groups in total. The molecule has 1 atom stereocenters. The molecule has 0 radical (unpaired) electrons. The first-order valence-corrected chi connectivity index (χ1v) is 12.4. The van der Waals surface area contributed by atoms with Crippen LogP contribution in [0.4, 0.5) is 5.82 Å². The van der Waals surface area contributed by atoms with Crippen molar-refractivity contribution in [3.05, 3.63) is 94.6 Å². The highest BCUT2D eigenvalue weighted by Crippen LogP contribution is 2.52. The quantitative estimate of drug-likeness (QED) is 0.326. The van der Waals surface area contributed by atoms with E-state index in [9.17, 15) is 14.4 Å². The highest BCUT2D eigenvalue weighted by Gasteiger charge is 2.51. The smallest absolute Gasteiger partial charge is 0.294 e. The zero-order chi connectivity index (χ0) is 26.9. The van der Waals surface area contributed by atoms with Crippen LogP contribution in [0.3, 0.4) is 0 Å². The maximum Gasteiger partial charge on any atom is 0.294 e. The van der Waals surface area contributed by atoms with Crippen LogP contribution in [0.5, 0.6) is 0 Å². The van der Waals surface area contributed by atoms with Gasteiger partial charge in [-0.1, -0.05) is 74.5 Å². The molecular formula is C28H28N6O4. The van der Waals surface area contributed by atoms with Gasteiger partial charge in [0, 0.05) is 0 Å². The molecule has 2 aromatic carbocycles. The van der Waals surface area contributed by atoms with Crippen LogP contribution in [0.25, 0.3) is 11.3 Å². The van der Waals surface area contributed by atoms with E-state index in [2.05, 4.69) is 20.5 Å². The van der Waals surface area contributed by atoms with Crippen molar-refractivity contribution >= 4 is 17.5 Å². The average Bonchev–Trinajstić information content (AvgIpc) is 3.59. The van der Waals surface area contributed by atoms with Crippen molar-refractivity contribution in [3.63, 3.8) is 0 Å². The van der Waals surface area contributed by atoms with Crippen LogP contribution in [-0.4, -0.2) is 37.5 Å². The molecular weight excluding hydrogens is 484 g/mol. The Morgan fingerprint density at radius 2 is 1.71 bits per heavy atom. The normalized spacial score (nSPS) is 14.7. The summed E-state index contributed by atoms with van der Waals surface area (Å²) in [5, 5.41) is 11.0. The van der Waals surface area contributed by atoms with Crippen molar-refractivity contribution in [3.8, 4) is 11.3 Å². The van der Waals surface area contributed by atoms with Crippen LogP contribution in [0.2, 0.25) is 0 Å². The minimum absolute atomic E-state index is 0.156. The number of hydrogen-bond donors (Lipinski definition) is 2. The maximum atomic E-state index is 13.4. The molecule has 2 aromatic heterocycles. The van der Waals surface area contributed by atoms with E-state index in [4.69, 9.17) is 10.2 Å². The van der Waals surface area contributed by atoms with Gasteiger partial charge in [-0.2, -0.15) is 0 Å². The van der Waals surface area contributed by atoms with Gasteiger partial charge >= 0.3 is 0 Å². The number of amides is 1. The van der Waals surface area contributed by atoms with E-state index >= 15 is 0 Å². The van der Waals surface area contributed by atoms with Gasteiger partial charge in [0.25, 0.3) is 11.4 Å². The minimum atomic E-state index is -0.933. The van der Waals surface area contributed by atoms with E-state index in [1.54, 1.807) is 26.0 Å². The Labute approximate surface area is 218 Å². The molecule has 0 unspecified atom stereocenters. The molecule has 4 aromatic rings. The number of nitrogens with two attached hydrogens (primary N) is 1. The zero-order valence-electron chi connectivity index (χ0n) is 21.1. The summed E-state index contributed by atoms with van der Waals surface area (Å²) in [6.07, 6.45) is 3.15. The molecule has 1 aliphatic carbocycles. The number of anilines is 1. The largest absolute Gasteiger partial charge is 0.417 e. The summed E-state index contributed by atoms with van der Waals surface area (Å²) in [7, 11) is 0. The Hall–Kier alpha value is -4.60. The molecule has 0 spiro atoms. The number of nitrogens with zero attached hydrogens (tertiary/aromatic N) is 4. The molecule has 194 valence electrons. The van der Waals surface area contributed by atoms with Gasteiger partial charge in [-0.25, -0.2) is 4.98 Å². The summed E-state index contributed by atoms with van der Waals surface area (Å²) >= 11 is 0. The van der Waals surface area contributed by atoms with Crippen LogP contribution in [0.15, 0.2) is 76.1 Å². The number of rotatable bonds is 9. The molecule has 38 heavy (non-hydrogen) atoms. The first kappa shape index (κ1) is 25.1. The summed E-state index contributed by atoms with van der Waals surface area (Å²) in [4.78, 5) is 43.2. The highest BCUT2D eigenvalue weighted by molar-refractivity contribution is 5.98. The van der Waals surface area contributed by atoms with Gasteiger partial charge < -0.3 is 15.5 Å². The van der Waals surface area contributed by atoms with Crippen LogP contribution in [-0.2, 0) is 16.8 Å². The Bertz CT molecular complexity index is 1520. The Balaban J connectivity index is 1.36. The van der Waals surface area contributed by atoms with Gasteiger partial charge in [0.1, 0.15) is 6.54 Å². The lowest BCUT2D eigenvalue weighted by atomic mass is 9.96.